The van der Waals surface area contributed by atoms with Crippen LogP contribution in [0.25, 0.3) is 55.6 Å². The minimum Gasteiger partial charge on any atom is -0.319 e. The predicted octanol–water partition coefficient (Wildman–Crippen LogP) is 15.1. The van der Waals surface area contributed by atoms with Gasteiger partial charge in [-0.1, -0.05) is 129 Å². The van der Waals surface area contributed by atoms with Crippen LogP contribution in [-0.4, -0.2) is 19.3 Å². The third kappa shape index (κ3) is 7.51. The van der Waals surface area contributed by atoms with Crippen LogP contribution < -0.4 is 0 Å². The van der Waals surface area contributed by atoms with Crippen molar-refractivity contribution in [3.05, 3.63) is 237 Å². The molecule has 334 valence electrons. The summed E-state index contributed by atoms with van der Waals surface area (Å²) < 4.78 is 4.37. The van der Waals surface area contributed by atoms with Crippen molar-refractivity contribution >= 4 is 21.8 Å². The SMILES string of the molecule is Cc1nn(-c2[c-]c(C(c3[c-]c4c(cc3)c3ccccc3n4-c3cc(-c4c(C)c(C)c(C)c(C)c4C)ccn3)(c3ccccc3)c3ccccc3)ccc2)c(C)c1-c1ccc(C(C)(C)C)cc1.[Pt+2]. The summed E-state index contributed by atoms with van der Waals surface area (Å²) in [5, 5.41) is 7.48. The first-order valence-electron chi connectivity index (χ1n) is 23.1. The van der Waals surface area contributed by atoms with Crippen molar-refractivity contribution in [2.24, 2.45) is 0 Å². The second-order valence-corrected chi connectivity index (χ2v) is 19.1. The maximum atomic E-state index is 5.20. The number of hydrogen-bond acceptors (Lipinski definition) is 2. The normalized spacial score (nSPS) is 11.9. The van der Waals surface area contributed by atoms with E-state index >= 15 is 0 Å². The largest absolute Gasteiger partial charge is 2.00 e. The minimum absolute atomic E-state index is 0. The zero-order chi connectivity index (χ0) is 46.1. The smallest absolute Gasteiger partial charge is 0.319 e. The molecule has 0 N–H and O–H groups in total. The van der Waals surface area contributed by atoms with Gasteiger partial charge < -0.3 is 4.57 Å². The van der Waals surface area contributed by atoms with Crippen molar-refractivity contribution in [2.45, 2.75) is 80.1 Å². The van der Waals surface area contributed by atoms with Crippen LogP contribution in [0, 0.1) is 60.6 Å². The van der Waals surface area contributed by atoms with Gasteiger partial charge in [0.15, 0.2) is 0 Å². The number of hydrogen-bond donors (Lipinski definition) is 0. The van der Waals surface area contributed by atoms with E-state index in [0.717, 1.165) is 83.6 Å². The minimum atomic E-state index is -0.823. The van der Waals surface area contributed by atoms with Crippen LogP contribution in [0.4, 0.5) is 0 Å². The number of pyridine rings is 1. The third-order valence-electron chi connectivity index (χ3n) is 14.4. The Hall–Kier alpha value is -6.61. The van der Waals surface area contributed by atoms with E-state index in [4.69, 9.17) is 10.1 Å². The summed E-state index contributed by atoms with van der Waals surface area (Å²) in [4.78, 5) is 5.12. The number of rotatable bonds is 8. The Labute approximate surface area is 410 Å². The van der Waals surface area contributed by atoms with Crippen LogP contribution in [0.3, 0.4) is 0 Å². The van der Waals surface area contributed by atoms with Crippen LogP contribution in [0.15, 0.2) is 158 Å². The van der Waals surface area contributed by atoms with E-state index in [9.17, 15) is 0 Å². The number of fused-ring (bicyclic) bond motifs is 3. The van der Waals surface area contributed by atoms with E-state index < -0.39 is 5.41 Å². The molecule has 5 heteroatoms. The van der Waals surface area contributed by atoms with Crippen LogP contribution in [0.5, 0.6) is 0 Å². The van der Waals surface area contributed by atoms with Gasteiger partial charge >= 0.3 is 21.1 Å². The summed E-state index contributed by atoms with van der Waals surface area (Å²) in [5.74, 6) is 0.855. The predicted molar refractivity (Wildman–Crippen MR) is 274 cm³/mol. The van der Waals surface area contributed by atoms with Gasteiger partial charge in [0.1, 0.15) is 5.82 Å². The molecule has 0 atom stereocenters. The summed E-state index contributed by atoms with van der Waals surface area (Å²) in [6.07, 6.45) is 1.96. The van der Waals surface area contributed by atoms with E-state index in [1.54, 1.807) is 0 Å². The molecule has 10 rings (SSSR count). The van der Waals surface area contributed by atoms with Crippen LogP contribution in [0.1, 0.15) is 87.8 Å². The standard InChI is InChI=1S/C62H56N4.Pt/c1-39-40(2)42(4)59(43(5)41(39)3)47-34-35-63-58(36-47)65-56-27-18-17-26-54(56)55-33-32-52(38-57(55)65)62(49-20-13-11-14-21-49,50-22-15-12-16-23-50)51-24-19-25-53(37-51)66-45(7)60(44(6)64-66)46-28-30-48(31-29-46)61(8,9)10;/h11-36H,1-10H3;/q-2;+2. The molecule has 0 aliphatic heterocycles. The van der Waals surface area contributed by atoms with E-state index in [1.807, 2.05) is 6.20 Å². The molecule has 3 aromatic heterocycles. The van der Waals surface area contributed by atoms with E-state index in [1.165, 1.54) is 38.9 Å². The van der Waals surface area contributed by atoms with Gasteiger partial charge in [0, 0.05) is 28.4 Å². The van der Waals surface area contributed by atoms with Crippen molar-refractivity contribution in [1.29, 1.82) is 0 Å². The summed E-state index contributed by atoms with van der Waals surface area (Å²) >= 11 is 0. The molecule has 0 saturated heterocycles. The average Bonchev–Trinajstić information content (AvgIpc) is 3.83. The first-order valence-corrected chi connectivity index (χ1v) is 23.1. The molecule has 0 fully saturated rings. The number of para-hydroxylation sites is 1. The second-order valence-electron chi connectivity index (χ2n) is 19.1. The maximum absolute atomic E-state index is 5.20. The quantitative estimate of drug-likeness (QED) is 0.112. The van der Waals surface area contributed by atoms with E-state index in [0.29, 0.717) is 0 Å². The number of benzene rings is 7. The maximum Gasteiger partial charge on any atom is 2.00 e. The molecule has 0 bridgehead atoms. The van der Waals surface area contributed by atoms with Gasteiger partial charge in [0.2, 0.25) is 0 Å². The van der Waals surface area contributed by atoms with Crippen LogP contribution in [0.2, 0.25) is 0 Å². The van der Waals surface area contributed by atoms with Gasteiger partial charge in [-0.15, -0.1) is 22.6 Å². The Balaban J connectivity index is 0.00000562. The molecule has 0 aliphatic carbocycles. The Bertz CT molecular complexity index is 3390. The molecular formula is C62H56N4Pt. The number of aromatic nitrogens is 4. The van der Waals surface area contributed by atoms with Gasteiger partial charge in [0.05, 0.1) is 5.69 Å². The molecule has 3 heterocycles. The van der Waals surface area contributed by atoms with Gasteiger partial charge in [-0.25, -0.2) is 4.98 Å². The molecule has 0 spiro atoms. The van der Waals surface area contributed by atoms with Crippen molar-refractivity contribution in [2.75, 3.05) is 0 Å². The van der Waals surface area contributed by atoms with Crippen LogP contribution >= 0.6 is 0 Å². The molecule has 7 aromatic carbocycles. The second kappa shape index (κ2) is 17.6. The zero-order valence-electron chi connectivity index (χ0n) is 40.1. The van der Waals surface area contributed by atoms with Gasteiger partial charge in [-0.3, -0.25) is 4.68 Å². The Morgan fingerprint density at radius 3 is 1.73 bits per heavy atom. The average molecular weight is 1050 g/mol. The van der Waals surface area contributed by atoms with Crippen molar-refractivity contribution in [3.63, 3.8) is 0 Å². The molecule has 4 nitrogen and oxygen atoms in total. The van der Waals surface area contributed by atoms with Crippen molar-refractivity contribution in [3.8, 4) is 33.8 Å². The first kappa shape index (κ1) is 45.5. The summed E-state index contributed by atoms with van der Waals surface area (Å²) in [5.41, 5.74) is 21.2. The third-order valence-corrected chi connectivity index (χ3v) is 14.4. The van der Waals surface area contributed by atoms with Crippen LogP contribution in [-0.2, 0) is 31.9 Å². The molecule has 0 radical (unpaired) electrons. The Morgan fingerprint density at radius 2 is 1.09 bits per heavy atom. The number of nitrogens with zero attached hydrogens (tertiary/aromatic N) is 4. The fraction of sp³-hybridized carbons (Fsp3) is 0.194. The summed E-state index contributed by atoms with van der Waals surface area (Å²) in [6, 6.07) is 62.9. The first-order chi connectivity index (χ1) is 31.8. The molecular weight excluding hydrogens is 996 g/mol. The fourth-order valence-electron chi connectivity index (χ4n) is 10.5. The molecule has 0 amide bonds. The number of aryl methyl sites for hydroxylation is 1. The van der Waals surface area contributed by atoms with Crippen molar-refractivity contribution in [1.82, 2.24) is 19.3 Å². The Morgan fingerprint density at radius 1 is 0.493 bits per heavy atom. The van der Waals surface area contributed by atoms with E-state index in [-0.39, 0.29) is 26.5 Å². The molecule has 0 unspecified atom stereocenters. The van der Waals surface area contributed by atoms with E-state index in [2.05, 4.69) is 242 Å². The summed E-state index contributed by atoms with van der Waals surface area (Å²) in [6.45, 7) is 22.3. The molecule has 67 heavy (non-hydrogen) atoms. The topological polar surface area (TPSA) is 35.6 Å². The molecule has 0 aliphatic rings. The fourth-order valence-corrected chi connectivity index (χ4v) is 10.5. The van der Waals surface area contributed by atoms with Crippen molar-refractivity contribution < 1.29 is 21.1 Å². The zero-order valence-corrected chi connectivity index (χ0v) is 42.4. The van der Waals surface area contributed by atoms with Gasteiger partial charge in [-0.05, 0) is 144 Å². The Kier molecular flexibility index (Phi) is 11.9. The monoisotopic (exact) mass is 1050 g/mol. The summed E-state index contributed by atoms with van der Waals surface area (Å²) in [7, 11) is 0. The van der Waals surface area contributed by atoms with Gasteiger partial charge in [0.25, 0.3) is 0 Å². The molecule has 0 saturated carbocycles. The molecule has 10 aromatic rings. The van der Waals surface area contributed by atoms with Gasteiger partial charge in [-0.2, -0.15) is 41.5 Å².